The Morgan fingerprint density at radius 1 is 0.553 bits per heavy atom. The number of allylic oxidation sites excluding steroid dienone is 2. The minimum absolute atomic E-state index is 0.624. The first-order valence-electron chi connectivity index (χ1n) is 12.6. The smallest absolute Gasteiger partial charge is 0.211 e. The molecule has 1 aliphatic rings. The molecule has 0 saturated heterocycles. The average Bonchev–Trinajstić information content (AvgIpc) is 2.96. The number of hydrogen-bond donors (Lipinski definition) is 0. The third kappa shape index (κ3) is 6.38. The van der Waals surface area contributed by atoms with E-state index >= 15 is 0 Å². The number of hydrogen-bond acceptors (Lipinski definition) is 4. The lowest BCUT2D eigenvalue weighted by Gasteiger charge is -2.25. The van der Waals surface area contributed by atoms with Gasteiger partial charge < -0.3 is 0 Å². The van der Waals surface area contributed by atoms with Gasteiger partial charge in [-0.1, -0.05) is 84.9 Å². The van der Waals surface area contributed by atoms with Crippen LogP contribution in [0.5, 0.6) is 0 Å². The van der Waals surface area contributed by atoms with Crippen molar-refractivity contribution in [1.29, 1.82) is 0 Å². The van der Waals surface area contributed by atoms with Gasteiger partial charge in [-0.25, -0.2) is 9.59 Å². The van der Waals surface area contributed by atoms with Crippen LogP contribution in [0.25, 0.3) is 0 Å². The highest BCUT2D eigenvalue weighted by atomic mass is 16.1. The maximum atomic E-state index is 10.4. The van der Waals surface area contributed by atoms with Crippen LogP contribution in [0, 0.1) is 11.8 Å². The Bertz CT molecular complexity index is 1490. The minimum atomic E-state index is 0.624. The molecule has 184 valence electrons. The molecule has 4 aromatic rings. The van der Waals surface area contributed by atoms with Crippen molar-refractivity contribution < 1.29 is 9.59 Å². The summed E-state index contributed by atoms with van der Waals surface area (Å²) < 4.78 is 0. The van der Waals surface area contributed by atoms with Crippen LogP contribution < -0.4 is 0 Å². The quantitative estimate of drug-likeness (QED) is 0.186. The summed E-state index contributed by atoms with van der Waals surface area (Å²) in [6.45, 7) is 0. The Morgan fingerprint density at radius 2 is 0.974 bits per heavy atom. The summed E-state index contributed by atoms with van der Waals surface area (Å²) in [6, 6.07) is 33.0. The van der Waals surface area contributed by atoms with E-state index in [1.165, 1.54) is 45.2 Å². The van der Waals surface area contributed by atoms with Gasteiger partial charge in [-0.2, -0.15) is 9.98 Å². The van der Waals surface area contributed by atoms with E-state index < -0.39 is 0 Å². The SMILES string of the molecule is O=C=Nc1ccc(Cc2ccc([C]3C=CC[C](c4ccc(Cc5ccc(N=C=O)cc5)cc4)C3)cc2)cc1. The lowest BCUT2D eigenvalue weighted by molar-refractivity contribution is 0.564. The van der Waals surface area contributed by atoms with Crippen molar-refractivity contribution in [3.8, 4) is 0 Å². The largest absolute Gasteiger partial charge is 0.240 e. The van der Waals surface area contributed by atoms with Gasteiger partial charge in [-0.3, -0.25) is 0 Å². The fourth-order valence-corrected chi connectivity index (χ4v) is 4.77. The zero-order chi connectivity index (χ0) is 26.2. The van der Waals surface area contributed by atoms with Crippen LogP contribution in [0.2, 0.25) is 0 Å². The van der Waals surface area contributed by atoms with Crippen molar-refractivity contribution in [3.05, 3.63) is 154 Å². The molecular weight excluding hydrogens is 468 g/mol. The van der Waals surface area contributed by atoms with Crippen LogP contribution in [0.15, 0.2) is 119 Å². The molecule has 1 aliphatic carbocycles. The highest BCUT2D eigenvalue weighted by Crippen LogP contribution is 2.36. The number of benzene rings is 4. The van der Waals surface area contributed by atoms with Crippen molar-refractivity contribution in [1.82, 2.24) is 0 Å². The van der Waals surface area contributed by atoms with Gasteiger partial charge in [0.25, 0.3) is 0 Å². The van der Waals surface area contributed by atoms with E-state index in [0.29, 0.717) is 11.4 Å². The predicted octanol–water partition coefficient (Wildman–Crippen LogP) is 7.70. The van der Waals surface area contributed by atoms with Gasteiger partial charge in [0.05, 0.1) is 11.4 Å². The predicted molar refractivity (Wildman–Crippen MR) is 150 cm³/mol. The highest BCUT2D eigenvalue weighted by Gasteiger charge is 2.22. The Morgan fingerprint density at radius 3 is 1.42 bits per heavy atom. The molecule has 0 N–H and O–H groups in total. The summed E-state index contributed by atoms with van der Waals surface area (Å²) in [4.78, 5) is 28.1. The number of aliphatic imine (C=N–C) groups is 2. The zero-order valence-corrected chi connectivity index (χ0v) is 20.9. The highest BCUT2D eigenvalue weighted by molar-refractivity contribution is 5.51. The Kier molecular flexibility index (Phi) is 7.96. The van der Waals surface area contributed by atoms with Crippen molar-refractivity contribution >= 4 is 23.5 Å². The molecule has 4 nitrogen and oxygen atoms in total. The van der Waals surface area contributed by atoms with Gasteiger partial charge in [-0.05, 0) is 83.3 Å². The summed E-state index contributed by atoms with van der Waals surface area (Å²) >= 11 is 0. The maximum Gasteiger partial charge on any atom is 0.240 e. The standard InChI is InChI=1S/C34H26N2O2/c37-23-35-33-16-8-27(9-17-33)20-25-4-12-29(13-5-25)31-2-1-3-32(22-31)30-14-6-26(7-15-30)21-28-10-18-34(19-11-28)36-24-38/h1-2,4-19H,3,20-22H2. The zero-order valence-electron chi connectivity index (χ0n) is 20.9. The monoisotopic (exact) mass is 494 g/mol. The molecule has 0 bridgehead atoms. The molecule has 0 unspecified atom stereocenters. The number of carbonyl (C=O) groups excluding carboxylic acids is 2. The third-order valence-corrected chi connectivity index (χ3v) is 6.81. The lowest BCUT2D eigenvalue weighted by atomic mass is 9.79. The fourth-order valence-electron chi connectivity index (χ4n) is 4.77. The molecule has 0 atom stereocenters. The average molecular weight is 495 g/mol. The summed E-state index contributed by atoms with van der Waals surface area (Å²) in [5.74, 6) is 2.75. The van der Waals surface area contributed by atoms with E-state index in [0.717, 1.165) is 25.7 Å². The van der Waals surface area contributed by atoms with E-state index in [4.69, 9.17) is 0 Å². The van der Waals surface area contributed by atoms with E-state index in [1.54, 1.807) is 12.2 Å². The molecule has 0 aromatic heterocycles. The van der Waals surface area contributed by atoms with E-state index in [1.807, 2.05) is 48.5 Å². The number of rotatable bonds is 8. The van der Waals surface area contributed by atoms with Gasteiger partial charge in [0.1, 0.15) is 0 Å². The van der Waals surface area contributed by atoms with Crippen molar-refractivity contribution in [2.24, 2.45) is 9.98 Å². The molecule has 0 fully saturated rings. The van der Waals surface area contributed by atoms with Crippen molar-refractivity contribution in [2.45, 2.75) is 25.7 Å². The molecule has 0 amide bonds. The lowest BCUT2D eigenvalue weighted by Crippen LogP contribution is -2.10. The van der Waals surface area contributed by atoms with Crippen molar-refractivity contribution in [3.63, 3.8) is 0 Å². The van der Waals surface area contributed by atoms with Gasteiger partial charge >= 0.3 is 0 Å². The van der Waals surface area contributed by atoms with Crippen molar-refractivity contribution in [2.75, 3.05) is 0 Å². The second kappa shape index (κ2) is 12.1. The first-order valence-corrected chi connectivity index (χ1v) is 12.6. The van der Waals surface area contributed by atoms with E-state index in [9.17, 15) is 9.59 Å². The van der Waals surface area contributed by atoms with E-state index in [-0.39, 0.29) is 0 Å². The normalized spacial score (nSPS) is 13.5. The molecule has 2 radical (unpaired) electrons. The van der Waals surface area contributed by atoms with Gasteiger partial charge in [0.2, 0.25) is 12.2 Å². The Balaban J connectivity index is 1.19. The molecule has 0 saturated carbocycles. The summed E-state index contributed by atoms with van der Waals surface area (Å²) in [7, 11) is 0. The fraction of sp³-hybridized carbons (Fsp3) is 0.118. The summed E-state index contributed by atoms with van der Waals surface area (Å²) in [5, 5.41) is 0. The minimum Gasteiger partial charge on any atom is -0.211 e. The van der Waals surface area contributed by atoms with Gasteiger partial charge in [0, 0.05) is 11.8 Å². The van der Waals surface area contributed by atoms with Gasteiger partial charge in [0.15, 0.2) is 0 Å². The molecule has 38 heavy (non-hydrogen) atoms. The van der Waals surface area contributed by atoms with Crippen LogP contribution >= 0.6 is 0 Å². The number of isocyanates is 2. The number of nitrogens with zero attached hydrogens (tertiary/aromatic N) is 2. The molecule has 4 aromatic carbocycles. The van der Waals surface area contributed by atoms with Crippen LogP contribution in [0.4, 0.5) is 11.4 Å². The first kappa shape index (κ1) is 25.0. The molecule has 5 rings (SSSR count). The summed E-state index contributed by atoms with van der Waals surface area (Å²) in [6.07, 6.45) is 11.2. The van der Waals surface area contributed by atoms with E-state index in [2.05, 4.69) is 70.7 Å². The van der Waals surface area contributed by atoms with Crippen LogP contribution in [-0.2, 0) is 22.4 Å². The van der Waals surface area contributed by atoms with Crippen LogP contribution in [0.3, 0.4) is 0 Å². The molecule has 0 aliphatic heterocycles. The molecule has 0 spiro atoms. The molecule has 0 heterocycles. The van der Waals surface area contributed by atoms with Crippen LogP contribution in [0.1, 0.15) is 46.2 Å². The topological polar surface area (TPSA) is 58.9 Å². The maximum absolute atomic E-state index is 10.4. The Labute approximate surface area is 223 Å². The third-order valence-electron chi connectivity index (χ3n) is 6.81. The van der Waals surface area contributed by atoms with Crippen LogP contribution in [-0.4, -0.2) is 12.2 Å². The Hall–Kier alpha value is -4.62. The second-order valence-electron chi connectivity index (χ2n) is 9.40. The molecular formula is C34H26N2O2. The summed E-state index contributed by atoms with van der Waals surface area (Å²) in [5.41, 5.74) is 8.63. The second-order valence-corrected chi connectivity index (χ2v) is 9.40. The first-order chi connectivity index (χ1) is 18.7. The van der Waals surface area contributed by atoms with Gasteiger partial charge in [-0.15, -0.1) is 0 Å². The molecule has 4 heteroatoms.